The van der Waals surface area contributed by atoms with E-state index in [0.717, 1.165) is 10.4 Å². The molecule has 1 N–H and O–H groups in total. The first kappa shape index (κ1) is 18.3. The quantitative estimate of drug-likeness (QED) is 0.442. The van der Waals surface area contributed by atoms with Crippen molar-refractivity contribution >= 4 is 68.0 Å². The lowest BCUT2D eigenvalue weighted by Crippen LogP contribution is -2.12. The molecule has 5 nitrogen and oxygen atoms in total. The summed E-state index contributed by atoms with van der Waals surface area (Å²) in [7, 11) is 0. The van der Waals surface area contributed by atoms with Gasteiger partial charge < -0.3 is 5.32 Å². The van der Waals surface area contributed by atoms with E-state index in [0.29, 0.717) is 37.7 Å². The second kappa shape index (κ2) is 7.48. The number of amides is 1. The molecule has 0 atom stereocenters. The van der Waals surface area contributed by atoms with Crippen LogP contribution in [0.3, 0.4) is 0 Å². The van der Waals surface area contributed by atoms with Gasteiger partial charge in [0.1, 0.15) is 4.88 Å². The molecule has 3 heterocycles. The molecule has 3 aromatic heterocycles. The van der Waals surface area contributed by atoms with Crippen LogP contribution in [-0.2, 0) is 6.54 Å². The minimum atomic E-state index is -0.350. The van der Waals surface area contributed by atoms with E-state index in [9.17, 15) is 4.79 Å². The van der Waals surface area contributed by atoms with Gasteiger partial charge in [-0.1, -0.05) is 40.9 Å². The van der Waals surface area contributed by atoms with Crippen LogP contribution < -0.4 is 5.32 Å². The van der Waals surface area contributed by atoms with Crippen molar-refractivity contribution < 1.29 is 4.79 Å². The molecule has 136 valence electrons. The summed E-state index contributed by atoms with van der Waals surface area (Å²) < 4.78 is 2.45. The molecular weight excluding hydrogens is 427 g/mol. The van der Waals surface area contributed by atoms with Crippen LogP contribution in [0.1, 0.15) is 15.4 Å². The zero-order chi connectivity index (χ0) is 19.0. The fourth-order valence-corrected chi connectivity index (χ4v) is 4.88. The van der Waals surface area contributed by atoms with E-state index in [1.807, 2.05) is 18.2 Å². The topological polar surface area (TPSA) is 59.8 Å². The number of thiophene rings is 1. The van der Waals surface area contributed by atoms with Crippen LogP contribution in [0.2, 0.25) is 15.1 Å². The SMILES string of the molecule is O=C(Nc1ccn(Cc2ccccn2)n1)c1sc2cc(Cl)cc(Cl)c2c1Cl. The molecule has 27 heavy (non-hydrogen) atoms. The Morgan fingerprint density at radius 1 is 1.19 bits per heavy atom. The van der Waals surface area contributed by atoms with Gasteiger partial charge in [0.15, 0.2) is 5.82 Å². The predicted molar refractivity (Wildman–Crippen MR) is 110 cm³/mol. The number of halogens is 3. The summed E-state index contributed by atoms with van der Waals surface area (Å²) in [5, 5.41) is 8.94. The molecule has 0 aliphatic carbocycles. The largest absolute Gasteiger partial charge is 0.304 e. The highest BCUT2D eigenvalue weighted by molar-refractivity contribution is 7.21. The monoisotopic (exact) mass is 436 g/mol. The molecule has 0 unspecified atom stereocenters. The Hall–Kier alpha value is -2.12. The molecule has 4 rings (SSSR count). The van der Waals surface area contributed by atoms with Crippen molar-refractivity contribution in [3.8, 4) is 0 Å². The standard InChI is InChI=1S/C18H11Cl3N4OS/c19-10-7-12(20)15-13(8-10)27-17(16(15)21)18(26)23-14-4-6-25(24-14)9-11-3-1-2-5-22-11/h1-8H,9H2,(H,23,24,26). The van der Waals surface area contributed by atoms with Gasteiger partial charge in [-0.3, -0.25) is 14.5 Å². The van der Waals surface area contributed by atoms with Crippen molar-refractivity contribution in [2.45, 2.75) is 6.54 Å². The predicted octanol–water partition coefficient (Wildman–Crippen LogP) is 5.75. The number of hydrogen-bond acceptors (Lipinski definition) is 4. The number of nitrogens with zero attached hydrogens (tertiary/aromatic N) is 3. The fourth-order valence-electron chi connectivity index (χ4n) is 2.60. The molecule has 0 fully saturated rings. The van der Waals surface area contributed by atoms with Gasteiger partial charge in [0.05, 0.1) is 22.3 Å². The number of nitrogens with one attached hydrogen (secondary N) is 1. The number of carbonyl (C=O) groups is 1. The second-order valence-corrected chi connectivity index (χ2v) is 7.95. The van der Waals surface area contributed by atoms with Gasteiger partial charge in [-0.2, -0.15) is 5.10 Å². The first-order valence-electron chi connectivity index (χ1n) is 7.83. The Kier molecular flexibility index (Phi) is 5.06. The van der Waals surface area contributed by atoms with Crippen LogP contribution in [0.25, 0.3) is 10.1 Å². The zero-order valence-electron chi connectivity index (χ0n) is 13.6. The van der Waals surface area contributed by atoms with E-state index in [1.165, 1.54) is 11.3 Å². The van der Waals surface area contributed by atoms with Gasteiger partial charge in [0.2, 0.25) is 0 Å². The highest BCUT2D eigenvalue weighted by Gasteiger charge is 2.20. The van der Waals surface area contributed by atoms with E-state index < -0.39 is 0 Å². The number of anilines is 1. The van der Waals surface area contributed by atoms with Crippen molar-refractivity contribution in [1.82, 2.24) is 14.8 Å². The fraction of sp³-hybridized carbons (Fsp3) is 0.0556. The van der Waals surface area contributed by atoms with Gasteiger partial charge in [0.25, 0.3) is 5.91 Å². The molecule has 0 bridgehead atoms. The number of aromatic nitrogens is 3. The Balaban J connectivity index is 1.55. The van der Waals surface area contributed by atoms with Gasteiger partial charge in [0, 0.05) is 33.6 Å². The minimum Gasteiger partial charge on any atom is -0.304 e. The molecule has 0 spiro atoms. The molecule has 9 heteroatoms. The Labute approximate surface area is 173 Å². The number of hydrogen-bond donors (Lipinski definition) is 1. The van der Waals surface area contributed by atoms with Crippen LogP contribution in [0.5, 0.6) is 0 Å². The highest BCUT2D eigenvalue weighted by Crippen LogP contribution is 2.41. The maximum absolute atomic E-state index is 12.6. The summed E-state index contributed by atoms with van der Waals surface area (Å²) >= 11 is 19.8. The molecule has 0 saturated heterocycles. The lowest BCUT2D eigenvalue weighted by molar-refractivity contribution is 0.103. The van der Waals surface area contributed by atoms with Crippen LogP contribution in [-0.4, -0.2) is 20.7 Å². The minimum absolute atomic E-state index is 0.307. The third kappa shape index (κ3) is 3.80. The average molecular weight is 438 g/mol. The Morgan fingerprint density at radius 2 is 2.04 bits per heavy atom. The normalized spacial score (nSPS) is 11.1. The number of benzene rings is 1. The third-order valence-electron chi connectivity index (χ3n) is 3.79. The Bertz CT molecular complexity index is 1140. The Morgan fingerprint density at radius 3 is 2.81 bits per heavy atom. The van der Waals surface area contributed by atoms with Crippen LogP contribution >= 0.6 is 46.1 Å². The van der Waals surface area contributed by atoms with E-state index in [-0.39, 0.29) is 5.91 Å². The maximum Gasteiger partial charge on any atom is 0.268 e. The van der Waals surface area contributed by atoms with Gasteiger partial charge in [-0.05, 0) is 24.3 Å². The van der Waals surface area contributed by atoms with E-state index in [1.54, 1.807) is 35.3 Å². The molecular formula is C18H11Cl3N4OS. The molecule has 0 saturated carbocycles. The molecule has 0 aliphatic heterocycles. The lowest BCUT2D eigenvalue weighted by atomic mass is 10.2. The summed E-state index contributed by atoms with van der Waals surface area (Å²) in [6.07, 6.45) is 3.50. The number of pyridine rings is 1. The number of rotatable bonds is 4. The van der Waals surface area contributed by atoms with Crippen molar-refractivity contribution in [1.29, 1.82) is 0 Å². The highest BCUT2D eigenvalue weighted by atomic mass is 35.5. The lowest BCUT2D eigenvalue weighted by Gasteiger charge is -2.02. The first-order valence-corrected chi connectivity index (χ1v) is 9.78. The van der Waals surface area contributed by atoms with E-state index >= 15 is 0 Å². The second-order valence-electron chi connectivity index (χ2n) is 5.68. The smallest absolute Gasteiger partial charge is 0.268 e. The van der Waals surface area contributed by atoms with Crippen LogP contribution in [0.15, 0.2) is 48.8 Å². The summed E-state index contributed by atoms with van der Waals surface area (Å²) in [5.41, 5.74) is 0.873. The van der Waals surface area contributed by atoms with Crippen LogP contribution in [0.4, 0.5) is 5.82 Å². The number of fused-ring (bicyclic) bond motifs is 1. The summed E-state index contributed by atoms with van der Waals surface area (Å²) in [6.45, 7) is 0.508. The molecule has 1 amide bonds. The van der Waals surface area contributed by atoms with E-state index in [2.05, 4.69) is 15.4 Å². The van der Waals surface area contributed by atoms with Gasteiger partial charge >= 0.3 is 0 Å². The average Bonchev–Trinajstić information content (AvgIpc) is 3.20. The summed E-state index contributed by atoms with van der Waals surface area (Å²) in [6, 6.07) is 10.7. The molecule has 0 aliphatic rings. The van der Waals surface area contributed by atoms with Crippen molar-refractivity contribution in [3.63, 3.8) is 0 Å². The van der Waals surface area contributed by atoms with Crippen molar-refractivity contribution in [2.24, 2.45) is 0 Å². The zero-order valence-corrected chi connectivity index (χ0v) is 16.7. The molecule has 0 radical (unpaired) electrons. The van der Waals surface area contributed by atoms with Crippen molar-refractivity contribution in [2.75, 3.05) is 5.32 Å². The first-order chi connectivity index (χ1) is 13.0. The third-order valence-corrected chi connectivity index (χ3v) is 5.93. The van der Waals surface area contributed by atoms with E-state index in [4.69, 9.17) is 34.8 Å². The van der Waals surface area contributed by atoms with Gasteiger partial charge in [-0.15, -0.1) is 11.3 Å². The summed E-state index contributed by atoms with van der Waals surface area (Å²) in [4.78, 5) is 17.3. The number of carbonyl (C=O) groups excluding carboxylic acids is 1. The maximum atomic E-state index is 12.6. The molecule has 1 aromatic carbocycles. The molecule has 4 aromatic rings. The summed E-state index contributed by atoms with van der Waals surface area (Å²) in [5.74, 6) is 0.0741. The van der Waals surface area contributed by atoms with Gasteiger partial charge in [-0.25, -0.2) is 0 Å². The van der Waals surface area contributed by atoms with Crippen molar-refractivity contribution in [3.05, 3.63) is 74.4 Å². The van der Waals surface area contributed by atoms with Crippen LogP contribution in [0, 0.1) is 0 Å².